The van der Waals surface area contributed by atoms with Crippen molar-refractivity contribution in [3.05, 3.63) is 16.5 Å². The molecule has 1 heterocycles. The molecule has 6 heteroatoms. The first kappa shape index (κ1) is 9.03. The Morgan fingerprint density at radius 3 is 3.00 bits per heavy atom. The van der Waals surface area contributed by atoms with Crippen LogP contribution in [0.3, 0.4) is 0 Å². The van der Waals surface area contributed by atoms with Crippen LogP contribution in [-0.2, 0) is 0 Å². The summed E-state index contributed by atoms with van der Waals surface area (Å²) in [5, 5.41) is 4.71. The molecular formula is C3H3N3NaOS+. The first-order valence-electron chi connectivity index (χ1n) is 1.91. The summed E-state index contributed by atoms with van der Waals surface area (Å²) in [6, 6.07) is 0. The maximum atomic E-state index is 9.48. The molecular weight excluding hydrogens is 149 g/mol. The number of nitrogens with zero attached hydrogens (tertiary/aromatic N) is 2. The van der Waals surface area contributed by atoms with E-state index in [0.717, 1.165) is 0 Å². The zero-order valence-corrected chi connectivity index (χ0v) is 7.68. The minimum atomic E-state index is 0. The molecule has 0 amide bonds. The minimum absolute atomic E-state index is 0. The van der Waals surface area contributed by atoms with Gasteiger partial charge in [-0.1, -0.05) is 0 Å². The molecule has 4 nitrogen and oxygen atoms in total. The van der Waals surface area contributed by atoms with Crippen LogP contribution < -0.4 is 35.0 Å². The van der Waals surface area contributed by atoms with Gasteiger partial charge in [-0.25, -0.2) is 10.4 Å². The largest absolute Gasteiger partial charge is 1.00 e. The van der Waals surface area contributed by atoms with E-state index in [-0.39, 0.29) is 29.6 Å². The van der Waals surface area contributed by atoms with Crippen LogP contribution in [0.1, 0.15) is 0 Å². The molecule has 1 aromatic rings. The van der Waals surface area contributed by atoms with Crippen LogP contribution >= 0.6 is 11.3 Å². The molecule has 0 aliphatic rings. The molecule has 0 radical (unpaired) electrons. The van der Waals surface area contributed by atoms with Crippen LogP contribution in [0.15, 0.2) is 16.9 Å². The maximum Gasteiger partial charge on any atom is 1.00 e. The number of aromatic nitrogens is 1. The maximum absolute atomic E-state index is 9.48. The third kappa shape index (κ3) is 2.90. The molecule has 1 aromatic heterocycles. The van der Waals surface area contributed by atoms with Crippen LogP contribution in [0.25, 0.3) is 0 Å². The van der Waals surface area contributed by atoms with E-state index >= 15 is 0 Å². The predicted octanol–water partition coefficient (Wildman–Crippen LogP) is -1.76. The molecule has 0 saturated carbocycles. The van der Waals surface area contributed by atoms with Crippen molar-refractivity contribution < 1.29 is 29.6 Å². The first-order valence-corrected chi connectivity index (χ1v) is 2.79. The quantitative estimate of drug-likeness (QED) is 0.310. The Morgan fingerprint density at radius 2 is 2.56 bits per heavy atom. The van der Waals surface area contributed by atoms with Gasteiger partial charge >= 0.3 is 29.6 Å². The zero-order valence-electron chi connectivity index (χ0n) is 4.87. The van der Waals surface area contributed by atoms with Gasteiger partial charge in [0.25, 0.3) is 0 Å². The van der Waals surface area contributed by atoms with Crippen molar-refractivity contribution in [1.82, 2.24) is 4.98 Å². The predicted molar refractivity (Wildman–Crippen MR) is 31.5 cm³/mol. The molecule has 0 fully saturated rings. The van der Waals surface area contributed by atoms with Crippen LogP contribution in [0.5, 0.6) is 0 Å². The van der Waals surface area contributed by atoms with Crippen LogP contribution in [0, 0.1) is 4.91 Å². The van der Waals surface area contributed by atoms with E-state index in [9.17, 15) is 4.91 Å². The van der Waals surface area contributed by atoms with E-state index in [4.69, 9.17) is 0 Å². The molecule has 42 valence electrons. The van der Waals surface area contributed by atoms with Crippen LogP contribution in [0.2, 0.25) is 0 Å². The number of thiazole rings is 1. The normalized spacial score (nSPS) is 7.56. The van der Waals surface area contributed by atoms with Gasteiger partial charge in [0.2, 0.25) is 5.13 Å². The Kier molecular flexibility index (Phi) is 4.88. The molecule has 0 aromatic carbocycles. The van der Waals surface area contributed by atoms with Gasteiger partial charge in [-0.2, -0.15) is 0 Å². The van der Waals surface area contributed by atoms with E-state index in [0.29, 0.717) is 5.13 Å². The minimum Gasteiger partial charge on any atom is -0.227 e. The Morgan fingerprint density at radius 1 is 1.78 bits per heavy atom. The molecule has 0 bridgehead atoms. The summed E-state index contributed by atoms with van der Waals surface area (Å²) >= 11 is 1.33. The average molecular weight is 152 g/mol. The fourth-order valence-corrected chi connectivity index (χ4v) is 0.780. The van der Waals surface area contributed by atoms with Crippen molar-refractivity contribution >= 4 is 16.5 Å². The van der Waals surface area contributed by atoms with Crippen LogP contribution in [-0.4, -0.2) is 4.98 Å². The van der Waals surface area contributed by atoms with Crippen LogP contribution in [0.4, 0.5) is 5.13 Å². The van der Waals surface area contributed by atoms with E-state index in [1.165, 1.54) is 11.3 Å². The average Bonchev–Trinajstić information content (AvgIpc) is 2.19. The molecule has 0 saturated heterocycles. The summed E-state index contributed by atoms with van der Waals surface area (Å²) in [6.07, 6.45) is 1.60. The summed E-state index contributed by atoms with van der Waals surface area (Å²) < 4.78 is 0. The number of nitrogens with one attached hydrogen (secondary N) is 1. The van der Waals surface area contributed by atoms with Gasteiger partial charge in [-0.3, -0.25) is 0 Å². The molecule has 1 N–H and O–H groups in total. The summed E-state index contributed by atoms with van der Waals surface area (Å²) in [5.74, 6) is 0. The molecule has 9 heavy (non-hydrogen) atoms. The standard InChI is InChI=1S/C3H3N3OS.Na/c7-6-5-3-4-1-2-8-3;/h1-2H,(H,4,5,7);/q;+1. The summed E-state index contributed by atoms with van der Waals surface area (Å²) in [4.78, 5) is 13.2. The summed E-state index contributed by atoms with van der Waals surface area (Å²) in [6.45, 7) is 0. The van der Waals surface area contributed by atoms with E-state index in [1.54, 1.807) is 11.6 Å². The van der Waals surface area contributed by atoms with Gasteiger partial charge in [0.1, 0.15) is 0 Å². The second kappa shape index (κ2) is 4.87. The zero-order chi connectivity index (χ0) is 5.82. The van der Waals surface area contributed by atoms with E-state index < -0.39 is 0 Å². The first-order chi connectivity index (χ1) is 3.93. The van der Waals surface area contributed by atoms with Gasteiger partial charge < -0.3 is 0 Å². The summed E-state index contributed by atoms with van der Waals surface area (Å²) in [5.41, 5.74) is 2.16. The molecule has 0 aliphatic carbocycles. The number of rotatable bonds is 2. The molecule has 0 spiro atoms. The van der Waals surface area contributed by atoms with Crippen molar-refractivity contribution in [3.63, 3.8) is 0 Å². The van der Waals surface area contributed by atoms with Crippen molar-refractivity contribution in [1.29, 1.82) is 0 Å². The number of hydrogen-bond acceptors (Lipinski definition) is 4. The molecule has 1 rings (SSSR count). The fourth-order valence-electron chi connectivity index (χ4n) is 0.318. The molecule has 0 unspecified atom stereocenters. The Labute approximate surface area is 77.9 Å². The van der Waals surface area contributed by atoms with Gasteiger partial charge in [0.05, 0.1) is 5.29 Å². The van der Waals surface area contributed by atoms with E-state index in [2.05, 4.69) is 15.7 Å². The molecule has 0 atom stereocenters. The second-order valence-corrected chi connectivity index (χ2v) is 1.93. The monoisotopic (exact) mass is 152 g/mol. The van der Waals surface area contributed by atoms with Crippen molar-refractivity contribution in [2.24, 2.45) is 5.29 Å². The number of hydrogen-bond donors (Lipinski definition) is 1. The van der Waals surface area contributed by atoms with E-state index in [1.807, 2.05) is 0 Å². The van der Waals surface area contributed by atoms with Gasteiger partial charge in [0.15, 0.2) is 0 Å². The summed E-state index contributed by atoms with van der Waals surface area (Å²) in [7, 11) is 0. The smallest absolute Gasteiger partial charge is 0.227 e. The third-order valence-corrected chi connectivity index (χ3v) is 1.25. The van der Waals surface area contributed by atoms with Gasteiger partial charge in [-0.05, 0) is 0 Å². The van der Waals surface area contributed by atoms with Crippen molar-refractivity contribution in [2.75, 3.05) is 5.43 Å². The van der Waals surface area contributed by atoms with Gasteiger partial charge in [-0.15, -0.1) is 16.2 Å². The number of anilines is 1. The Balaban J connectivity index is 0.000000640. The fraction of sp³-hybridized carbons (Fsp3) is 0. The second-order valence-electron chi connectivity index (χ2n) is 1.04. The molecule has 0 aliphatic heterocycles. The Bertz CT molecular complexity index is 166. The Hall–Kier alpha value is 0.0300. The van der Waals surface area contributed by atoms with Crippen molar-refractivity contribution in [2.45, 2.75) is 0 Å². The van der Waals surface area contributed by atoms with Gasteiger partial charge in [0, 0.05) is 11.6 Å². The SMILES string of the molecule is O=NNc1nccs1.[Na+]. The topological polar surface area (TPSA) is 54.4 Å². The third-order valence-electron chi connectivity index (χ3n) is 0.574. The van der Waals surface area contributed by atoms with Crippen molar-refractivity contribution in [3.8, 4) is 0 Å². The number of nitroso groups, excluding NO2 is 1.